The van der Waals surface area contributed by atoms with Crippen molar-refractivity contribution in [2.75, 3.05) is 6.61 Å². The van der Waals surface area contributed by atoms with Crippen LogP contribution in [0.2, 0.25) is 0 Å². The van der Waals surface area contributed by atoms with Gasteiger partial charge in [0, 0.05) is 26.3 Å². The van der Waals surface area contributed by atoms with Gasteiger partial charge >= 0.3 is 5.97 Å². The molecule has 5 rings (SSSR count). The van der Waals surface area contributed by atoms with E-state index in [2.05, 4.69) is 37.9 Å². The van der Waals surface area contributed by atoms with E-state index in [0.717, 1.165) is 8.95 Å². The third-order valence-corrected chi connectivity index (χ3v) is 9.26. The number of ether oxygens (including phenoxy) is 1. The highest BCUT2D eigenvalue weighted by Crippen LogP contribution is 2.64. The number of nitriles is 1. The quantitative estimate of drug-likeness (QED) is 0.158. The summed E-state index contributed by atoms with van der Waals surface area (Å²) in [7, 11) is 0. The minimum atomic E-state index is -1.85. The van der Waals surface area contributed by atoms with Crippen molar-refractivity contribution in [3.8, 4) is 6.07 Å². The topological polar surface area (TPSA) is 87.4 Å². The Labute approximate surface area is 262 Å². The van der Waals surface area contributed by atoms with Crippen LogP contribution in [0.15, 0.2) is 118 Å². The molecule has 0 radical (unpaired) electrons. The molecule has 0 heterocycles. The maximum atomic E-state index is 14.7. The number of carbonyl (C=O) groups is 2. The average Bonchev–Trinajstić information content (AvgIpc) is 3.01. The number of hydrogen-bond acceptors (Lipinski definition) is 5. The van der Waals surface area contributed by atoms with Gasteiger partial charge < -0.3 is 9.84 Å². The van der Waals surface area contributed by atoms with Gasteiger partial charge in [-0.25, -0.2) is 0 Å². The normalized spacial score (nSPS) is 25.3. The van der Waals surface area contributed by atoms with Crippen molar-refractivity contribution in [3.05, 3.63) is 140 Å². The van der Waals surface area contributed by atoms with Crippen LogP contribution in [-0.4, -0.2) is 23.5 Å². The Morgan fingerprint density at radius 3 is 2.02 bits per heavy atom. The summed E-state index contributed by atoms with van der Waals surface area (Å²) >= 11 is 7.09. The summed E-state index contributed by atoms with van der Waals surface area (Å²) in [6.45, 7) is 1.75. The van der Waals surface area contributed by atoms with E-state index in [-0.39, 0.29) is 18.8 Å². The van der Waals surface area contributed by atoms with E-state index in [1.807, 2.05) is 60.7 Å². The summed E-state index contributed by atoms with van der Waals surface area (Å²) in [5.41, 5.74) is -1.43. The van der Waals surface area contributed by atoms with Gasteiger partial charge in [0.05, 0.1) is 18.6 Å². The third-order valence-electron chi connectivity index (χ3n) is 8.27. The van der Waals surface area contributed by atoms with Crippen molar-refractivity contribution in [2.24, 2.45) is 11.3 Å². The van der Waals surface area contributed by atoms with Gasteiger partial charge in [-0.2, -0.15) is 5.26 Å². The Balaban J connectivity index is 1.91. The number of hydrogen-bond donors (Lipinski definition) is 1. The molecular weight excluding hydrogens is 658 g/mol. The maximum Gasteiger partial charge on any atom is 0.327 e. The molecule has 0 aromatic heterocycles. The first-order chi connectivity index (χ1) is 20.3. The SMILES string of the molecule is CCOC(=O)[C@]1(C#N)[C@@H](c2cccc(Br)c2)C[C@](O)(c2ccccc2)[C@H](C(=O)c2ccccc2)[C@@H]1c1cccc(Br)c1. The van der Waals surface area contributed by atoms with E-state index in [4.69, 9.17) is 4.74 Å². The van der Waals surface area contributed by atoms with Crippen molar-refractivity contribution < 1.29 is 19.4 Å². The molecule has 5 nitrogen and oxygen atoms in total. The number of ketones is 1. The van der Waals surface area contributed by atoms with E-state index in [1.165, 1.54) is 0 Å². The Bertz CT molecular complexity index is 1640. The highest BCUT2D eigenvalue weighted by atomic mass is 79.9. The summed E-state index contributed by atoms with van der Waals surface area (Å²) in [5, 5.41) is 24.2. The number of carbonyl (C=O) groups excluding carboxylic acids is 2. The molecule has 42 heavy (non-hydrogen) atoms. The van der Waals surface area contributed by atoms with Gasteiger partial charge in [-0.05, 0) is 54.3 Å². The highest BCUT2D eigenvalue weighted by Gasteiger charge is 2.67. The molecule has 212 valence electrons. The summed E-state index contributed by atoms with van der Waals surface area (Å²) in [5.74, 6) is -4.18. The van der Waals surface area contributed by atoms with Crippen LogP contribution in [0, 0.1) is 22.7 Å². The van der Waals surface area contributed by atoms with E-state index >= 15 is 0 Å². The van der Waals surface area contributed by atoms with Gasteiger partial charge in [0.1, 0.15) is 5.60 Å². The number of Topliss-reactive ketones (excluding diaryl/α,β-unsaturated/α-hetero) is 1. The lowest BCUT2D eigenvalue weighted by Crippen LogP contribution is -2.59. The second-order valence-corrected chi connectivity index (χ2v) is 12.4. The van der Waals surface area contributed by atoms with Gasteiger partial charge in [0.2, 0.25) is 0 Å². The molecule has 1 saturated carbocycles. The first kappa shape index (κ1) is 29.9. The molecule has 0 aliphatic heterocycles. The average molecular weight is 687 g/mol. The van der Waals surface area contributed by atoms with Gasteiger partial charge in [0.15, 0.2) is 11.2 Å². The molecule has 5 atom stereocenters. The van der Waals surface area contributed by atoms with Crippen LogP contribution in [0.5, 0.6) is 0 Å². The molecule has 0 spiro atoms. The highest BCUT2D eigenvalue weighted by molar-refractivity contribution is 9.10. The van der Waals surface area contributed by atoms with Gasteiger partial charge in [0.25, 0.3) is 0 Å². The number of esters is 1. The molecule has 4 aromatic carbocycles. The number of halogens is 2. The fraction of sp³-hybridized carbons (Fsp3) is 0.229. The van der Waals surface area contributed by atoms with Gasteiger partial charge in [-0.1, -0.05) is 117 Å². The molecular formula is C35H29Br2NO4. The minimum absolute atomic E-state index is 0.0545. The number of nitrogens with zero attached hydrogens (tertiary/aromatic N) is 1. The molecule has 0 amide bonds. The second-order valence-electron chi connectivity index (χ2n) is 10.5. The minimum Gasteiger partial charge on any atom is -0.465 e. The van der Waals surface area contributed by atoms with Crippen LogP contribution in [0.1, 0.15) is 52.2 Å². The van der Waals surface area contributed by atoms with Crippen molar-refractivity contribution in [1.29, 1.82) is 5.26 Å². The lowest BCUT2D eigenvalue weighted by atomic mass is 9.47. The Kier molecular flexibility index (Phi) is 8.79. The summed E-state index contributed by atoms with van der Waals surface area (Å²) < 4.78 is 7.15. The maximum absolute atomic E-state index is 14.7. The molecule has 7 heteroatoms. The van der Waals surface area contributed by atoms with Crippen LogP contribution in [-0.2, 0) is 15.1 Å². The molecule has 1 fully saturated rings. The van der Waals surface area contributed by atoms with Crippen LogP contribution >= 0.6 is 31.9 Å². The van der Waals surface area contributed by atoms with Crippen LogP contribution < -0.4 is 0 Å². The lowest BCUT2D eigenvalue weighted by molar-refractivity contribution is -0.164. The third kappa shape index (κ3) is 5.24. The summed E-state index contributed by atoms with van der Waals surface area (Å²) in [4.78, 5) is 29.0. The number of benzene rings is 4. The summed E-state index contributed by atoms with van der Waals surface area (Å²) in [6.07, 6.45) is -0.0619. The molecule has 0 unspecified atom stereocenters. The van der Waals surface area contributed by atoms with Crippen molar-refractivity contribution in [3.63, 3.8) is 0 Å². The molecule has 0 bridgehead atoms. The Morgan fingerprint density at radius 1 is 0.881 bits per heavy atom. The second kappa shape index (κ2) is 12.3. The molecule has 4 aromatic rings. The van der Waals surface area contributed by atoms with Gasteiger partial charge in [-0.3, -0.25) is 9.59 Å². The van der Waals surface area contributed by atoms with E-state index in [9.17, 15) is 20.0 Å². The molecule has 0 saturated heterocycles. The number of aliphatic hydroxyl groups is 1. The fourth-order valence-corrected chi connectivity index (χ4v) is 7.34. The van der Waals surface area contributed by atoms with Crippen molar-refractivity contribution >= 4 is 43.6 Å². The zero-order valence-electron chi connectivity index (χ0n) is 22.9. The first-order valence-corrected chi connectivity index (χ1v) is 15.3. The largest absolute Gasteiger partial charge is 0.465 e. The van der Waals surface area contributed by atoms with E-state index in [0.29, 0.717) is 22.3 Å². The zero-order chi connectivity index (χ0) is 29.9. The molecule has 1 N–H and O–H groups in total. The number of rotatable bonds is 7. The smallest absolute Gasteiger partial charge is 0.327 e. The van der Waals surface area contributed by atoms with Crippen LogP contribution in [0.4, 0.5) is 0 Å². The van der Waals surface area contributed by atoms with Crippen LogP contribution in [0.25, 0.3) is 0 Å². The lowest BCUT2D eigenvalue weighted by Gasteiger charge is -2.54. The van der Waals surface area contributed by atoms with E-state index < -0.39 is 34.7 Å². The van der Waals surface area contributed by atoms with Gasteiger partial charge in [-0.15, -0.1) is 0 Å². The van der Waals surface area contributed by atoms with Crippen molar-refractivity contribution in [2.45, 2.75) is 30.8 Å². The molecule has 1 aliphatic carbocycles. The predicted molar refractivity (Wildman–Crippen MR) is 168 cm³/mol. The zero-order valence-corrected chi connectivity index (χ0v) is 26.1. The van der Waals surface area contributed by atoms with E-state index in [1.54, 1.807) is 55.5 Å². The fourth-order valence-electron chi connectivity index (χ4n) is 6.50. The molecule has 1 aliphatic rings. The van der Waals surface area contributed by atoms with Crippen molar-refractivity contribution in [1.82, 2.24) is 0 Å². The summed E-state index contributed by atoms with van der Waals surface area (Å²) in [6, 6.07) is 34.9. The predicted octanol–water partition coefficient (Wildman–Crippen LogP) is 7.94. The van der Waals surface area contributed by atoms with Crippen LogP contribution in [0.3, 0.4) is 0 Å². The Morgan fingerprint density at radius 2 is 1.45 bits per heavy atom. The standard InChI is InChI=1S/C35H29Br2NO4/c1-2-42-33(40)34(22-38)29(24-13-9-17-27(36)19-24)21-35(41,26-15-7-4-8-16-26)31(32(39)23-11-5-3-6-12-23)30(34)25-14-10-18-28(37)20-25/h3-20,29-31,41H,2,21H2,1H3/t29-,30+,31+,34-,35+/m1/s1. The first-order valence-electron chi connectivity index (χ1n) is 13.7. The monoisotopic (exact) mass is 685 g/mol. The Hall–Kier alpha value is -3.57.